The van der Waals surface area contributed by atoms with Crippen molar-refractivity contribution in [3.05, 3.63) is 231 Å². The third kappa shape index (κ3) is 5.93. The minimum Gasteiger partial charge on any atom is -0.310 e. The second kappa shape index (κ2) is 14.3. The van der Waals surface area contributed by atoms with Crippen molar-refractivity contribution in [2.75, 3.05) is 4.90 Å². The SMILES string of the molecule is c1ccc(-c2ccc(N(c3ccc4ccccc4c3)c3ccc4sc5c(-c6ccc7c8cc9ccccc9cc8n(-c8ccc9ccccc9c8)c7c6)cccc5c4c3)cc2)cc1. The zero-order valence-electron chi connectivity index (χ0n) is 34.2. The van der Waals surface area contributed by atoms with Crippen LogP contribution in [0.15, 0.2) is 231 Å². The lowest BCUT2D eigenvalue weighted by Crippen LogP contribution is -2.09. The van der Waals surface area contributed by atoms with Crippen molar-refractivity contribution in [1.29, 1.82) is 0 Å². The van der Waals surface area contributed by atoms with Crippen LogP contribution in [0.25, 0.3) is 102 Å². The molecule has 2 heterocycles. The predicted molar refractivity (Wildman–Crippen MR) is 272 cm³/mol. The third-order valence-corrected chi connectivity index (χ3v) is 14.1. The van der Waals surface area contributed by atoms with E-state index >= 15 is 0 Å². The van der Waals surface area contributed by atoms with E-state index in [4.69, 9.17) is 0 Å². The second-order valence-corrected chi connectivity index (χ2v) is 17.6. The summed E-state index contributed by atoms with van der Waals surface area (Å²) in [6.45, 7) is 0. The molecule has 0 bridgehead atoms. The fraction of sp³-hybridized carbons (Fsp3) is 0. The standard InChI is InChI=1S/C60H38N2S/c1-2-11-39(12-3-1)42-21-26-48(27-22-42)61(49-28-23-40-13-4-6-15-43(40)33-49)51-30-32-59-56(38-51)54-20-10-19-52(60(54)63-59)47-25-31-53-55-35-45-17-8-9-18-46(45)36-58(55)62(57(53)37-47)50-29-24-41-14-5-7-16-44(41)34-50/h1-38H. The minimum atomic E-state index is 1.12. The van der Waals surface area contributed by atoms with Crippen LogP contribution in [0, 0.1) is 0 Å². The van der Waals surface area contributed by atoms with Crippen LogP contribution in [0.3, 0.4) is 0 Å². The Hall–Kier alpha value is -7.98. The van der Waals surface area contributed by atoms with Gasteiger partial charge in [0, 0.05) is 53.7 Å². The van der Waals surface area contributed by atoms with E-state index in [1.807, 2.05) is 11.3 Å². The van der Waals surface area contributed by atoms with Gasteiger partial charge < -0.3 is 9.47 Å². The molecular weight excluding hydrogens is 781 g/mol. The minimum absolute atomic E-state index is 1.12. The van der Waals surface area contributed by atoms with Crippen molar-refractivity contribution in [2.24, 2.45) is 0 Å². The maximum absolute atomic E-state index is 2.47. The van der Waals surface area contributed by atoms with E-state index in [1.54, 1.807) is 0 Å². The molecule has 0 fully saturated rings. The van der Waals surface area contributed by atoms with Crippen molar-refractivity contribution in [2.45, 2.75) is 0 Å². The van der Waals surface area contributed by atoms with Gasteiger partial charge in [0.2, 0.25) is 0 Å². The van der Waals surface area contributed by atoms with Crippen LogP contribution in [-0.4, -0.2) is 4.57 Å². The molecule has 294 valence electrons. The molecule has 0 atom stereocenters. The summed E-state index contributed by atoms with van der Waals surface area (Å²) >= 11 is 1.89. The number of thiophene rings is 1. The van der Waals surface area contributed by atoms with Gasteiger partial charge in [-0.1, -0.05) is 158 Å². The molecule has 0 amide bonds. The Balaban J connectivity index is 0.975. The largest absolute Gasteiger partial charge is 0.310 e. The molecule has 63 heavy (non-hydrogen) atoms. The van der Waals surface area contributed by atoms with E-state index in [1.165, 1.54) is 102 Å². The van der Waals surface area contributed by atoms with Crippen LogP contribution in [0.1, 0.15) is 0 Å². The number of benzene rings is 11. The number of anilines is 3. The molecule has 0 N–H and O–H groups in total. The molecule has 2 aromatic heterocycles. The molecule has 13 aromatic rings. The number of nitrogens with zero attached hydrogens (tertiary/aromatic N) is 2. The number of rotatable bonds is 6. The Kier molecular flexibility index (Phi) is 8.12. The van der Waals surface area contributed by atoms with E-state index in [-0.39, 0.29) is 0 Å². The number of fused-ring (bicyclic) bond motifs is 9. The maximum Gasteiger partial charge on any atom is 0.0547 e. The molecule has 0 unspecified atom stereocenters. The van der Waals surface area contributed by atoms with Crippen molar-refractivity contribution < 1.29 is 0 Å². The van der Waals surface area contributed by atoms with Crippen LogP contribution in [0.5, 0.6) is 0 Å². The van der Waals surface area contributed by atoms with Gasteiger partial charge in [0.1, 0.15) is 0 Å². The highest BCUT2D eigenvalue weighted by atomic mass is 32.1. The van der Waals surface area contributed by atoms with Crippen molar-refractivity contribution in [3.63, 3.8) is 0 Å². The van der Waals surface area contributed by atoms with Crippen LogP contribution in [-0.2, 0) is 0 Å². The van der Waals surface area contributed by atoms with E-state index in [9.17, 15) is 0 Å². The predicted octanol–water partition coefficient (Wildman–Crippen LogP) is 17.4. The van der Waals surface area contributed by atoms with E-state index in [0.717, 1.165) is 17.1 Å². The number of hydrogen-bond acceptors (Lipinski definition) is 2. The van der Waals surface area contributed by atoms with Gasteiger partial charge >= 0.3 is 0 Å². The Morgan fingerprint density at radius 2 is 0.905 bits per heavy atom. The quantitative estimate of drug-likeness (QED) is 0.162. The van der Waals surface area contributed by atoms with Gasteiger partial charge in [0.15, 0.2) is 0 Å². The molecule has 0 spiro atoms. The highest BCUT2D eigenvalue weighted by Gasteiger charge is 2.19. The van der Waals surface area contributed by atoms with Gasteiger partial charge in [-0.3, -0.25) is 0 Å². The van der Waals surface area contributed by atoms with Gasteiger partial charge in [0.25, 0.3) is 0 Å². The summed E-state index contributed by atoms with van der Waals surface area (Å²) in [5.41, 5.74) is 11.8. The fourth-order valence-electron chi connectivity index (χ4n) is 9.81. The average Bonchev–Trinajstić information content (AvgIpc) is 3.88. The lowest BCUT2D eigenvalue weighted by atomic mass is 10.0. The zero-order chi connectivity index (χ0) is 41.4. The zero-order valence-corrected chi connectivity index (χ0v) is 35.1. The molecular formula is C60H38N2S. The van der Waals surface area contributed by atoms with Crippen molar-refractivity contribution in [1.82, 2.24) is 4.57 Å². The van der Waals surface area contributed by atoms with Crippen LogP contribution < -0.4 is 4.90 Å². The molecule has 0 aliphatic heterocycles. The topological polar surface area (TPSA) is 8.17 Å². The van der Waals surface area contributed by atoms with E-state index in [2.05, 4.69) is 240 Å². The van der Waals surface area contributed by atoms with Crippen molar-refractivity contribution >= 4 is 103 Å². The second-order valence-electron chi connectivity index (χ2n) is 16.6. The normalized spacial score (nSPS) is 11.8. The maximum atomic E-state index is 2.47. The highest BCUT2D eigenvalue weighted by Crippen LogP contribution is 2.45. The molecule has 13 rings (SSSR count). The lowest BCUT2D eigenvalue weighted by molar-refractivity contribution is 1.19. The molecule has 11 aromatic carbocycles. The molecule has 0 radical (unpaired) electrons. The van der Waals surface area contributed by atoms with Gasteiger partial charge in [-0.15, -0.1) is 11.3 Å². The van der Waals surface area contributed by atoms with Gasteiger partial charge in [-0.2, -0.15) is 0 Å². The van der Waals surface area contributed by atoms with Crippen LogP contribution in [0.4, 0.5) is 17.1 Å². The lowest BCUT2D eigenvalue weighted by Gasteiger charge is -2.26. The monoisotopic (exact) mass is 818 g/mol. The first kappa shape index (κ1) is 35.7. The molecule has 0 aliphatic rings. The number of hydrogen-bond donors (Lipinski definition) is 0. The molecule has 0 aliphatic carbocycles. The summed E-state index contributed by atoms with van der Waals surface area (Å²) < 4.78 is 5.04. The summed E-state index contributed by atoms with van der Waals surface area (Å²) in [6, 6.07) is 84.8. The average molecular weight is 819 g/mol. The Labute approximate surface area is 368 Å². The van der Waals surface area contributed by atoms with Crippen LogP contribution >= 0.6 is 11.3 Å². The summed E-state index contributed by atoms with van der Waals surface area (Å²) in [5, 5.41) is 12.5. The third-order valence-electron chi connectivity index (χ3n) is 12.9. The Bertz CT molecular complexity index is 3910. The molecule has 2 nitrogen and oxygen atoms in total. The summed E-state index contributed by atoms with van der Waals surface area (Å²) in [4.78, 5) is 2.40. The van der Waals surface area contributed by atoms with Gasteiger partial charge in [0.05, 0.1) is 11.0 Å². The summed E-state index contributed by atoms with van der Waals surface area (Å²) in [6.07, 6.45) is 0. The summed E-state index contributed by atoms with van der Waals surface area (Å²) in [7, 11) is 0. The molecule has 0 saturated carbocycles. The molecule has 0 saturated heterocycles. The van der Waals surface area contributed by atoms with Gasteiger partial charge in [-0.25, -0.2) is 0 Å². The first-order chi connectivity index (χ1) is 31.2. The number of aromatic nitrogens is 1. The molecule has 3 heteroatoms. The summed E-state index contributed by atoms with van der Waals surface area (Å²) in [5.74, 6) is 0. The fourth-order valence-corrected chi connectivity index (χ4v) is 11.0. The first-order valence-corrected chi connectivity index (χ1v) is 22.4. The smallest absolute Gasteiger partial charge is 0.0547 e. The van der Waals surface area contributed by atoms with Crippen LogP contribution in [0.2, 0.25) is 0 Å². The Morgan fingerprint density at radius 1 is 0.317 bits per heavy atom. The Morgan fingerprint density at radius 3 is 1.68 bits per heavy atom. The van der Waals surface area contributed by atoms with E-state index in [0.29, 0.717) is 0 Å². The highest BCUT2D eigenvalue weighted by molar-refractivity contribution is 7.26. The first-order valence-electron chi connectivity index (χ1n) is 21.6. The van der Waals surface area contributed by atoms with Crippen molar-refractivity contribution in [3.8, 4) is 27.9 Å². The van der Waals surface area contributed by atoms with Gasteiger partial charge in [-0.05, 0) is 127 Å². The van der Waals surface area contributed by atoms with E-state index < -0.39 is 0 Å².